The Morgan fingerprint density at radius 2 is 2.08 bits per heavy atom. The van der Waals surface area contributed by atoms with Gasteiger partial charge in [-0.1, -0.05) is 40.8 Å². The van der Waals surface area contributed by atoms with Gasteiger partial charge < -0.3 is 9.32 Å². The Labute approximate surface area is 154 Å². The molecule has 2 aromatic heterocycles. The van der Waals surface area contributed by atoms with Crippen LogP contribution in [-0.2, 0) is 0 Å². The summed E-state index contributed by atoms with van der Waals surface area (Å²) in [4.78, 5) is 11.0. The second-order valence-electron chi connectivity index (χ2n) is 5.55. The van der Waals surface area contributed by atoms with Crippen LogP contribution in [0.25, 0.3) is 22.9 Å². The number of oxazole rings is 1. The number of halogens is 1. The molecule has 3 heterocycles. The number of fused-ring (bicyclic) bond motifs is 2. The molecular formula is C19H16IN3O. The summed E-state index contributed by atoms with van der Waals surface area (Å²) in [5.41, 5.74) is 4.87. The van der Waals surface area contributed by atoms with Gasteiger partial charge in [0.2, 0.25) is 5.89 Å². The molecule has 0 N–H and O–H groups in total. The van der Waals surface area contributed by atoms with Gasteiger partial charge in [-0.05, 0) is 36.3 Å². The number of nitrogens with zero attached hydrogens (tertiary/aromatic N) is 3. The van der Waals surface area contributed by atoms with E-state index >= 15 is 0 Å². The van der Waals surface area contributed by atoms with Crippen molar-refractivity contribution in [2.75, 3.05) is 15.9 Å². The fourth-order valence-electron chi connectivity index (χ4n) is 2.84. The van der Waals surface area contributed by atoms with Gasteiger partial charge in [-0.15, -0.1) is 0 Å². The first-order valence-electron chi connectivity index (χ1n) is 7.88. The maximum Gasteiger partial charge on any atom is 0.222 e. The van der Waals surface area contributed by atoms with Crippen molar-refractivity contribution in [2.45, 2.75) is 6.42 Å². The lowest BCUT2D eigenvalue weighted by Crippen LogP contribution is -2.21. The molecule has 1 aliphatic heterocycles. The van der Waals surface area contributed by atoms with E-state index in [2.05, 4.69) is 74.0 Å². The van der Waals surface area contributed by atoms with E-state index in [0.29, 0.717) is 17.1 Å². The highest BCUT2D eigenvalue weighted by Gasteiger charge is 2.16. The Bertz CT molecular complexity index is 896. The minimum Gasteiger partial charge on any atom is -0.435 e. The summed E-state index contributed by atoms with van der Waals surface area (Å²) in [5, 5.41) is 0. The number of aromatic nitrogens is 2. The van der Waals surface area contributed by atoms with Gasteiger partial charge in [0.1, 0.15) is 0 Å². The van der Waals surface area contributed by atoms with Crippen LogP contribution in [0.5, 0.6) is 0 Å². The third kappa shape index (κ3) is 2.96. The molecule has 3 aromatic rings. The number of allylic oxidation sites excluding steroid dienone is 2. The van der Waals surface area contributed by atoms with E-state index in [-0.39, 0.29) is 0 Å². The molecule has 0 unspecified atom stereocenters. The van der Waals surface area contributed by atoms with Crippen LogP contribution >= 0.6 is 22.6 Å². The van der Waals surface area contributed by atoms with Crippen molar-refractivity contribution >= 4 is 51.2 Å². The van der Waals surface area contributed by atoms with E-state index in [9.17, 15) is 0 Å². The Morgan fingerprint density at radius 3 is 2.96 bits per heavy atom. The quantitative estimate of drug-likeness (QED) is 0.436. The van der Waals surface area contributed by atoms with Crippen molar-refractivity contribution in [3.05, 3.63) is 66.3 Å². The van der Waals surface area contributed by atoms with Crippen molar-refractivity contribution in [1.82, 2.24) is 9.97 Å². The molecule has 0 radical (unpaired) electrons. The van der Waals surface area contributed by atoms with E-state index in [4.69, 9.17) is 4.42 Å². The molecule has 1 aliphatic rings. The summed E-state index contributed by atoms with van der Waals surface area (Å²) in [6.45, 7) is 1.02. The maximum atomic E-state index is 5.78. The minimum atomic E-state index is 0.582. The van der Waals surface area contributed by atoms with E-state index in [0.717, 1.165) is 23.0 Å². The van der Waals surface area contributed by atoms with Gasteiger partial charge in [-0.2, -0.15) is 4.98 Å². The Morgan fingerprint density at radius 1 is 1.17 bits per heavy atom. The first-order chi connectivity index (χ1) is 11.8. The molecule has 0 fully saturated rings. The zero-order chi connectivity index (χ0) is 16.4. The molecule has 0 saturated heterocycles. The standard InChI is InChI=1S/C19H16IN3O/c20-9-4-11-23-12-8-14(15-5-1-2-6-16(15)23)13-18-22-19-17(24-18)7-3-10-21-19/h1-3,5-8,10,12-13H,4,9,11H2/b14-13+. The van der Waals surface area contributed by atoms with Crippen molar-refractivity contribution < 1.29 is 4.42 Å². The average Bonchev–Trinajstić information content (AvgIpc) is 3.03. The van der Waals surface area contributed by atoms with Crippen molar-refractivity contribution in [3.63, 3.8) is 0 Å². The lowest BCUT2D eigenvalue weighted by molar-refractivity contribution is 0.589. The lowest BCUT2D eigenvalue weighted by atomic mass is 9.99. The fraction of sp³-hybridized carbons (Fsp3) is 0.158. The van der Waals surface area contributed by atoms with Gasteiger partial charge in [0.05, 0.1) is 0 Å². The van der Waals surface area contributed by atoms with Gasteiger partial charge in [0, 0.05) is 40.7 Å². The molecule has 24 heavy (non-hydrogen) atoms. The SMILES string of the molecule is ICCCN1C=C/C(=C\c2nc3ncccc3o2)c2ccccc21. The normalized spacial score (nSPS) is 15.2. The second kappa shape index (κ2) is 6.76. The second-order valence-corrected chi connectivity index (χ2v) is 6.62. The molecule has 1 aromatic carbocycles. The van der Waals surface area contributed by atoms with Crippen LogP contribution in [0.15, 0.2) is 59.3 Å². The van der Waals surface area contributed by atoms with Crippen molar-refractivity contribution in [2.24, 2.45) is 0 Å². The third-order valence-corrected chi connectivity index (χ3v) is 4.71. The number of hydrogen-bond acceptors (Lipinski definition) is 4. The van der Waals surface area contributed by atoms with Crippen LogP contribution < -0.4 is 4.90 Å². The van der Waals surface area contributed by atoms with Crippen molar-refractivity contribution in [1.29, 1.82) is 0 Å². The largest absolute Gasteiger partial charge is 0.435 e. The van der Waals surface area contributed by atoms with E-state index in [1.807, 2.05) is 18.2 Å². The molecule has 4 rings (SSSR count). The number of para-hydroxylation sites is 1. The Hall–Kier alpha value is -2.15. The maximum absolute atomic E-state index is 5.78. The molecule has 5 heteroatoms. The summed E-state index contributed by atoms with van der Waals surface area (Å²) in [7, 11) is 0. The fourth-order valence-corrected chi connectivity index (χ4v) is 3.18. The Balaban J connectivity index is 1.73. The van der Waals surface area contributed by atoms with Crippen LogP contribution in [0.1, 0.15) is 17.9 Å². The smallest absolute Gasteiger partial charge is 0.222 e. The number of hydrogen-bond donors (Lipinski definition) is 0. The summed E-state index contributed by atoms with van der Waals surface area (Å²) in [5.74, 6) is 0.582. The summed E-state index contributed by atoms with van der Waals surface area (Å²) in [6, 6.07) is 12.2. The lowest BCUT2D eigenvalue weighted by Gasteiger charge is -2.27. The predicted molar refractivity (Wildman–Crippen MR) is 106 cm³/mol. The molecule has 4 nitrogen and oxygen atoms in total. The first-order valence-corrected chi connectivity index (χ1v) is 9.41. The van der Waals surface area contributed by atoms with Crippen molar-refractivity contribution in [3.8, 4) is 0 Å². The molecule has 0 bridgehead atoms. The highest BCUT2D eigenvalue weighted by molar-refractivity contribution is 14.1. The van der Waals surface area contributed by atoms with Crippen LogP contribution in [-0.4, -0.2) is 20.9 Å². The topological polar surface area (TPSA) is 42.2 Å². The van der Waals surface area contributed by atoms with Gasteiger partial charge in [-0.3, -0.25) is 0 Å². The molecule has 120 valence electrons. The molecule has 0 spiro atoms. The van der Waals surface area contributed by atoms with E-state index in [1.54, 1.807) is 6.20 Å². The summed E-state index contributed by atoms with van der Waals surface area (Å²) < 4.78 is 6.93. The molecule has 0 amide bonds. The van der Waals surface area contributed by atoms with Crippen LogP contribution in [0.4, 0.5) is 5.69 Å². The number of benzene rings is 1. The zero-order valence-corrected chi connectivity index (χ0v) is 15.2. The number of alkyl halides is 1. The first kappa shape index (κ1) is 15.4. The number of anilines is 1. The zero-order valence-electron chi connectivity index (χ0n) is 13.0. The minimum absolute atomic E-state index is 0.582. The van der Waals surface area contributed by atoms with Crippen LogP contribution in [0.3, 0.4) is 0 Å². The highest BCUT2D eigenvalue weighted by atomic mass is 127. The van der Waals surface area contributed by atoms with E-state index in [1.165, 1.54) is 11.3 Å². The van der Waals surface area contributed by atoms with Gasteiger partial charge >= 0.3 is 0 Å². The van der Waals surface area contributed by atoms with E-state index < -0.39 is 0 Å². The monoisotopic (exact) mass is 429 g/mol. The molecule has 0 saturated carbocycles. The van der Waals surface area contributed by atoms with Crippen LogP contribution in [0, 0.1) is 0 Å². The van der Waals surface area contributed by atoms with Gasteiger partial charge in [0.15, 0.2) is 11.2 Å². The summed E-state index contributed by atoms with van der Waals surface area (Å²) in [6.07, 6.45) is 9.13. The summed E-state index contributed by atoms with van der Waals surface area (Å²) >= 11 is 2.42. The number of rotatable bonds is 4. The third-order valence-electron chi connectivity index (χ3n) is 3.95. The van der Waals surface area contributed by atoms with Gasteiger partial charge in [0.25, 0.3) is 0 Å². The predicted octanol–water partition coefficient (Wildman–Crippen LogP) is 4.92. The molecular weight excluding hydrogens is 413 g/mol. The molecule has 0 atom stereocenters. The average molecular weight is 429 g/mol. The number of pyridine rings is 1. The van der Waals surface area contributed by atoms with Crippen LogP contribution in [0.2, 0.25) is 0 Å². The molecule has 0 aliphatic carbocycles. The Kier molecular flexibility index (Phi) is 4.34. The highest BCUT2D eigenvalue weighted by Crippen LogP contribution is 2.34. The van der Waals surface area contributed by atoms with Gasteiger partial charge in [-0.25, -0.2) is 4.98 Å².